The summed E-state index contributed by atoms with van der Waals surface area (Å²) in [4.78, 5) is 0. The number of fused-ring (bicyclic) bond motifs is 5. The molecule has 0 radical (unpaired) electrons. The van der Waals surface area contributed by atoms with Crippen LogP contribution in [0.5, 0.6) is 0 Å². The molecule has 2 heteroatoms. The van der Waals surface area contributed by atoms with Gasteiger partial charge in [0.2, 0.25) is 0 Å². The topological polar surface area (TPSA) is 46.2 Å². The fraction of sp³-hybridized carbons (Fsp3) is 0.926. The minimum absolute atomic E-state index is 0.144. The lowest BCUT2D eigenvalue weighted by atomic mass is 9.46. The van der Waals surface area contributed by atoms with Gasteiger partial charge in [0.15, 0.2) is 0 Å². The monoisotopic (exact) mass is 401 g/mol. The van der Waals surface area contributed by atoms with E-state index in [2.05, 4.69) is 40.7 Å². The van der Waals surface area contributed by atoms with E-state index in [-0.39, 0.29) is 12.1 Å². The minimum atomic E-state index is -0.144. The summed E-state index contributed by atoms with van der Waals surface area (Å²) >= 11 is 0. The van der Waals surface area contributed by atoms with Gasteiger partial charge < -0.3 is 10.8 Å². The maximum atomic E-state index is 10.3. The van der Waals surface area contributed by atoms with Gasteiger partial charge in [-0.15, -0.1) is 0 Å². The fourth-order valence-corrected chi connectivity index (χ4v) is 8.74. The molecule has 4 aliphatic carbocycles. The second-order valence-corrected chi connectivity index (χ2v) is 12.4. The molecule has 4 rings (SSSR count). The Morgan fingerprint density at radius 2 is 1.79 bits per heavy atom. The van der Waals surface area contributed by atoms with Crippen molar-refractivity contribution in [1.82, 2.24) is 0 Å². The maximum Gasteiger partial charge on any atom is 0.0577 e. The number of aliphatic hydroxyl groups excluding tert-OH is 1. The van der Waals surface area contributed by atoms with Crippen molar-refractivity contribution in [3.8, 4) is 0 Å². The van der Waals surface area contributed by atoms with Crippen LogP contribution in [0.4, 0.5) is 0 Å². The van der Waals surface area contributed by atoms with Crippen molar-refractivity contribution in [2.24, 2.45) is 52.1 Å². The van der Waals surface area contributed by atoms with Gasteiger partial charge in [-0.05, 0) is 91.3 Å². The van der Waals surface area contributed by atoms with Gasteiger partial charge in [0.25, 0.3) is 0 Å². The Morgan fingerprint density at radius 1 is 1.03 bits per heavy atom. The molecule has 0 heterocycles. The molecular formula is C27H47NO. The largest absolute Gasteiger partial charge is 0.393 e. The second-order valence-electron chi connectivity index (χ2n) is 12.4. The average Bonchev–Trinajstić information content (AvgIpc) is 3.00. The van der Waals surface area contributed by atoms with E-state index in [1.165, 1.54) is 50.5 Å². The summed E-state index contributed by atoms with van der Waals surface area (Å²) < 4.78 is 0. The molecule has 0 aliphatic heterocycles. The van der Waals surface area contributed by atoms with Crippen LogP contribution in [0.1, 0.15) is 98.8 Å². The highest BCUT2D eigenvalue weighted by Crippen LogP contribution is 2.67. The quantitative estimate of drug-likeness (QED) is 0.529. The molecule has 0 saturated heterocycles. The van der Waals surface area contributed by atoms with Gasteiger partial charge in [-0.2, -0.15) is 0 Å². The van der Waals surface area contributed by atoms with Crippen LogP contribution in [-0.4, -0.2) is 17.3 Å². The van der Waals surface area contributed by atoms with Crippen LogP contribution in [0.2, 0.25) is 0 Å². The van der Waals surface area contributed by atoms with Crippen LogP contribution in [0.15, 0.2) is 11.6 Å². The first-order chi connectivity index (χ1) is 13.7. The van der Waals surface area contributed by atoms with Crippen molar-refractivity contribution in [3.05, 3.63) is 11.6 Å². The molecule has 3 fully saturated rings. The summed E-state index contributed by atoms with van der Waals surface area (Å²) in [5.74, 6) is 4.77. The highest BCUT2D eigenvalue weighted by atomic mass is 16.3. The van der Waals surface area contributed by atoms with E-state index in [9.17, 15) is 5.11 Å². The maximum absolute atomic E-state index is 10.3. The van der Waals surface area contributed by atoms with Crippen molar-refractivity contribution in [2.45, 2.75) is 111 Å². The van der Waals surface area contributed by atoms with Crippen LogP contribution >= 0.6 is 0 Å². The van der Waals surface area contributed by atoms with Gasteiger partial charge in [-0.1, -0.05) is 65.5 Å². The van der Waals surface area contributed by atoms with E-state index in [0.717, 1.165) is 48.9 Å². The molecule has 0 aromatic carbocycles. The average molecular weight is 402 g/mol. The molecule has 3 N–H and O–H groups in total. The Balaban J connectivity index is 1.54. The zero-order valence-corrected chi connectivity index (χ0v) is 19.8. The van der Waals surface area contributed by atoms with Crippen molar-refractivity contribution in [3.63, 3.8) is 0 Å². The fourth-order valence-electron chi connectivity index (χ4n) is 8.74. The molecule has 0 amide bonds. The molecular weight excluding hydrogens is 354 g/mol. The van der Waals surface area contributed by atoms with Gasteiger partial charge in [-0.25, -0.2) is 0 Å². The summed E-state index contributed by atoms with van der Waals surface area (Å²) in [6, 6.07) is 0.202. The molecule has 0 bridgehead atoms. The Labute approximate surface area is 180 Å². The number of hydrogen-bond acceptors (Lipinski definition) is 2. The van der Waals surface area contributed by atoms with E-state index in [1.807, 2.05) is 0 Å². The molecule has 29 heavy (non-hydrogen) atoms. The van der Waals surface area contributed by atoms with Crippen LogP contribution < -0.4 is 5.73 Å². The molecule has 9 atom stereocenters. The van der Waals surface area contributed by atoms with Crippen LogP contribution in [-0.2, 0) is 0 Å². The minimum Gasteiger partial charge on any atom is -0.393 e. The SMILES string of the molecule is CC(C)CCC[C@@H](C)[C@@H]1CC[C@@H]2[C@H]3[C@H](N)C=C4C[C@@H](O)CC[C@]4(C)[C@@H]3CC[C@]21C. The smallest absolute Gasteiger partial charge is 0.0577 e. The highest BCUT2D eigenvalue weighted by Gasteiger charge is 2.60. The third-order valence-corrected chi connectivity index (χ3v) is 10.4. The third-order valence-electron chi connectivity index (χ3n) is 10.4. The summed E-state index contributed by atoms with van der Waals surface area (Å²) in [6.45, 7) is 12.4. The predicted octanol–water partition coefficient (Wildman–Crippen LogP) is 6.33. The van der Waals surface area contributed by atoms with Gasteiger partial charge >= 0.3 is 0 Å². The molecule has 2 nitrogen and oxygen atoms in total. The third kappa shape index (κ3) is 3.65. The van der Waals surface area contributed by atoms with E-state index >= 15 is 0 Å². The summed E-state index contributed by atoms with van der Waals surface area (Å²) in [7, 11) is 0. The first-order valence-corrected chi connectivity index (χ1v) is 12.8. The van der Waals surface area contributed by atoms with Crippen molar-refractivity contribution < 1.29 is 5.11 Å². The second kappa shape index (κ2) is 7.97. The number of aliphatic hydroxyl groups is 1. The van der Waals surface area contributed by atoms with Crippen LogP contribution in [0.3, 0.4) is 0 Å². The Hall–Kier alpha value is -0.340. The number of hydrogen-bond donors (Lipinski definition) is 2. The van der Waals surface area contributed by atoms with E-state index in [4.69, 9.17) is 5.73 Å². The van der Waals surface area contributed by atoms with Crippen molar-refractivity contribution in [1.29, 1.82) is 0 Å². The number of nitrogens with two attached hydrogens (primary N) is 1. The molecule has 3 saturated carbocycles. The lowest BCUT2D eigenvalue weighted by Crippen LogP contribution is -2.56. The van der Waals surface area contributed by atoms with Crippen LogP contribution in [0, 0.1) is 46.3 Å². The van der Waals surface area contributed by atoms with Crippen molar-refractivity contribution in [2.75, 3.05) is 0 Å². The van der Waals surface area contributed by atoms with Crippen molar-refractivity contribution >= 4 is 0 Å². The van der Waals surface area contributed by atoms with E-state index in [1.54, 1.807) is 0 Å². The molecule has 166 valence electrons. The van der Waals surface area contributed by atoms with E-state index < -0.39 is 0 Å². The van der Waals surface area contributed by atoms with Crippen LogP contribution in [0.25, 0.3) is 0 Å². The first kappa shape index (κ1) is 21.9. The molecule has 0 spiro atoms. The lowest BCUT2D eigenvalue weighted by molar-refractivity contribution is -0.0632. The van der Waals surface area contributed by atoms with Gasteiger partial charge in [0, 0.05) is 6.04 Å². The zero-order valence-electron chi connectivity index (χ0n) is 19.8. The lowest BCUT2D eigenvalue weighted by Gasteiger charge is -2.60. The highest BCUT2D eigenvalue weighted by molar-refractivity contribution is 5.28. The zero-order chi connectivity index (χ0) is 21.0. The van der Waals surface area contributed by atoms with Gasteiger partial charge in [0.1, 0.15) is 0 Å². The molecule has 4 aliphatic rings. The Morgan fingerprint density at radius 3 is 2.52 bits per heavy atom. The van der Waals surface area contributed by atoms with Gasteiger partial charge in [-0.3, -0.25) is 0 Å². The molecule has 0 unspecified atom stereocenters. The van der Waals surface area contributed by atoms with Gasteiger partial charge in [0.05, 0.1) is 6.10 Å². The summed E-state index contributed by atoms with van der Waals surface area (Å²) in [6.07, 6.45) is 15.0. The summed E-state index contributed by atoms with van der Waals surface area (Å²) in [5.41, 5.74) is 9.17. The molecule has 0 aromatic heterocycles. The first-order valence-electron chi connectivity index (χ1n) is 12.8. The standard InChI is InChI=1S/C27H47NO/c1-17(2)7-6-8-18(3)21-9-10-22-25-23(12-14-27(21,22)5)26(4)13-11-20(29)15-19(26)16-24(25)28/h16-18,20-25,29H,6-15,28H2,1-5H3/t18-,20+,21+,22-,23-,24-,25-,26+,27+/m1/s1. The number of rotatable bonds is 5. The molecule has 0 aromatic rings. The normalized spacial score (nSPS) is 47.9. The van der Waals surface area contributed by atoms with E-state index in [0.29, 0.717) is 16.7 Å². The Kier molecular flexibility index (Phi) is 6.01. The summed E-state index contributed by atoms with van der Waals surface area (Å²) in [5, 5.41) is 10.3. The predicted molar refractivity (Wildman–Crippen MR) is 122 cm³/mol. The Bertz CT molecular complexity index is 626.